The van der Waals surface area contributed by atoms with E-state index in [0.29, 0.717) is 5.02 Å². The van der Waals surface area contributed by atoms with Gasteiger partial charge in [-0.15, -0.1) is 0 Å². The normalized spacial score (nSPS) is 12.3. The van der Waals surface area contributed by atoms with Crippen molar-refractivity contribution in [3.8, 4) is 0 Å². The van der Waals surface area contributed by atoms with E-state index in [1.807, 2.05) is 33.0 Å². The van der Waals surface area contributed by atoms with Crippen LogP contribution >= 0.6 is 11.6 Å². The Morgan fingerprint density at radius 1 is 1.38 bits per heavy atom. The Morgan fingerprint density at radius 3 is 2.69 bits per heavy atom. The summed E-state index contributed by atoms with van der Waals surface area (Å²) in [7, 11) is 0. The lowest BCUT2D eigenvalue weighted by Gasteiger charge is -2.22. The Kier molecular flexibility index (Phi) is 2.72. The van der Waals surface area contributed by atoms with E-state index in [0.717, 1.165) is 16.5 Å². The van der Waals surface area contributed by atoms with E-state index >= 15 is 0 Å². The maximum Gasteiger partial charge on any atom is 0.0650 e. The predicted molar refractivity (Wildman–Crippen MR) is 68.2 cm³/mol. The number of aryl methyl sites for hydroxylation is 1. The average molecular weight is 238 g/mol. The summed E-state index contributed by atoms with van der Waals surface area (Å²) in [4.78, 5) is 3.16. The van der Waals surface area contributed by atoms with Crippen LogP contribution in [0.1, 0.15) is 25.0 Å². The fraction of sp³-hybridized carbons (Fsp3) is 0.385. The molecule has 0 unspecified atom stereocenters. The van der Waals surface area contributed by atoms with E-state index < -0.39 is 0 Å². The van der Waals surface area contributed by atoms with Crippen LogP contribution in [0.25, 0.3) is 10.9 Å². The zero-order valence-electron chi connectivity index (χ0n) is 9.76. The number of halogens is 1. The predicted octanol–water partition coefficient (Wildman–Crippen LogP) is 3.40. The molecule has 2 rings (SSSR count). The third-order valence-electron chi connectivity index (χ3n) is 3.12. The van der Waals surface area contributed by atoms with Gasteiger partial charge in [-0.2, -0.15) is 0 Å². The molecule has 3 heteroatoms. The van der Waals surface area contributed by atoms with Crippen molar-refractivity contribution < 1.29 is 5.11 Å². The molecule has 16 heavy (non-hydrogen) atoms. The minimum atomic E-state index is -0.262. The molecule has 0 amide bonds. The van der Waals surface area contributed by atoms with Crippen LogP contribution in [-0.4, -0.2) is 16.7 Å². The highest BCUT2D eigenvalue weighted by Crippen LogP contribution is 2.32. The number of aliphatic hydroxyl groups is 1. The lowest BCUT2D eigenvalue weighted by Crippen LogP contribution is -2.21. The SMILES string of the molecule is Cc1c[nH]c2c(Cl)cc(C(C)(C)CO)cc12. The van der Waals surface area contributed by atoms with E-state index in [1.165, 1.54) is 5.56 Å². The van der Waals surface area contributed by atoms with Gasteiger partial charge in [-0.1, -0.05) is 25.4 Å². The largest absolute Gasteiger partial charge is 0.395 e. The van der Waals surface area contributed by atoms with E-state index in [4.69, 9.17) is 11.6 Å². The van der Waals surface area contributed by atoms with Crippen molar-refractivity contribution in [2.45, 2.75) is 26.2 Å². The van der Waals surface area contributed by atoms with Gasteiger partial charge < -0.3 is 10.1 Å². The Hall–Kier alpha value is -0.990. The summed E-state index contributed by atoms with van der Waals surface area (Å²) in [6, 6.07) is 4.03. The second-order valence-corrected chi connectivity index (χ2v) is 5.30. The van der Waals surface area contributed by atoms with E-state index in [1.54, 1.807) is 0 Å². The lowest BCUT2D eigenvalue weighted by atomic mass is 9.85. The number of hydrogen-bond donors (Lipinski definition) is 2. The molecular formula is C13H16ClNO. The number of aliphatic hydroxyl groups excluding tert-OH is 1. The Bertz CT molecular complexity index is 528. The monoisotopic (exact) mass is 237 g/mol. The molecule has 0 spiro atoms. The number of nitrogens with one attached hydrogen (secondary N) is 1. The first-order valence-electron chi connectivity index (χ1n) is 5.34. The molecule has 0 aliphatic carbocycles. The maximum absolute atomic E-state index is 9.38. The van der Waals surface area contributed by atoms with Crippen LogP contribution in [0.3, 0.4) is 0 Å². The van der Waals surface area contributed by atoms with Gasteiger partial charge in [0.2, 0.25) is 0 Å². The fourth-order valence-corrected chi connectivity index (χ4v) is 2.08. The standard InChI is InChI=1S/C13H16ClNO/c1-8-6-15-12-10(8)4-9(5-11(12)14)13(2,3)7-16/h4-6,15-16H,7H2,1-3H3. The molecule has 2 aromatic rings. The van der Waals surface area contributed by atoms with Gasteiger partial charge in [-0.3, -0.25) is 0 Å². The van der Waals surface area contributed by atoms with Crippen LogP contribution in [0.15, 0.2) is 18.3 Å². The Labute approximate surface area is 100 Å². The summed E-state index contributed by atoms with van der Waals surface area (Å²) in [6.07, 6.45) is 1.95. The third-order valence-corrected chi connectivity index (χ3v) is 3.42. The first-order chi connectivity index (χ1) is 7.45. The average Bonchev–Trinajstić information content (AvgIpc) is 2.61. The van der Waals surface area contributed by atoms with E-state index in [-0.39, 0.29) is 12.0 Å². The summed E-state index contributed by atoms with van der Waals surface area (Å²) < 4.78 is 0. The van der Waals surface area contributed by atoms with E-state index in [2.05, 4.69) is 11.1 Å². The molecule has 0 bridgehead atoms. The topological polar surface area (TPSA) is 36.0 Å². The second kappa shape index (κ2) is 3.79. The van der Waals surface area contributed by atoms with Crippen LogP contribution < -0.4 is 0 Å². The molecule has 0 radical (unpaired) electrons. The highest BCUT2D eigenvalue weighted by molar-refractivity contribution is 6.35. The van der Waals surface area contributed by atoms with E-state index in [9.17, 15) is 5.11 Å². The van der Waals surface area contributed by atoms with Crippen LogP contribution in [0.5, 0.6) is 0 Å². The number of aromatic amines is 1. The Balaban J connectivity index is 2.70. The first-order valence-corrected chi connectivity index (χ1v) is 5.72. The van der Waals surface area contributed by atoms with Crippen LogP contribution in [0.2, 0.25) is 5.02 Å². The molecule has 0 saturated heterocycles. The van der Waals surface area contributed by atoms with Crippen LogP contribution in [0, 0.1) is 6.92 Å². The number of H-pyrrole nitrogens is 1. The Morgan fingerprint density at radius 2 is 2.06 bits per heavy atom. The van der Waals surface area contributed by atoms with Gasteiger partial charge >= 0.3 is 0 Å². The van der Waals surface area contributed by atoms with Crippen molar-refractivity contribution in [3.05, 3.63) is 34.5 Å². The summed E-state index contributed by atoms with van der Waals surface area (Å²) >= 11 is 6.23. The molecule has 0 aliphatic heterocycles. The van der Waals surface area contributed by atoms with Crippen LogP contribution in [0.4, 0.5) is 0 Å². The van der Waals surface area contributed by atoms with Gasteiger partial charge in [0.15, 0.2) is 0 Å². The highest BCUT2D eigenvalue weighted by Gasteiger charge is 2.21. The first kappa shape index (κ1) is 11.5. The molecule has 2 nitrogen and oxygen atoms in total. The van der Waals surface area contributed by atoms with Gasteiger partial charge in [0.05, 0.1) is 17.1 Å². The smallest absolute Gasteiger partial charge is 0.0650 e. The third kappa shape index (κ3) is 1.72. The molecule has 0 atom stereocenters. The number of hydrogen-bond acceptors (Lipinski definition) is 1. The number of rotatable bonds is 2. The second-order valence-electron chi connectivity index (χ2n) is 4.89. The van der Waals surface area contributed by atoms with Gasteiger partial charge in [-0.25, -0.2) is 0 Å². The summed E-state index contributed by atoms with van der Waals surface area (Å²) in [5, 5.41) is 11.2. The molecule has 86 valence electrons. The lowest BCUT2D eigenvalue weighted by molar-refractivity contribution is 0.218. The molecule has 1 aromatic heterocycles. The summed E-state index contributed by atoms with van der Waals surface area (Å²) in [6.45, 7) is 6.17. The summed E-state index contributed by atoms with van der Waals surface area (Å²) in [5.74, 6) is 0. The number of fused-ring (bicyclic) bond motifs is 1. The molecule has 0 saturated carbocycles. The van der Waals surface area contributed by atoms with Crippen LogP contribution in [-0.2, 0) is 5.41 Å². The quantitative estimate of drug-likeness (QED) is 0.825. The fourth-order valence-electron chi connectivity index (χ4n) is 1.80. The van der Waals surface area contributed by atoms with Gasteiger partial charge in [0, 0.05) is 17.0 Å². The van der Waals surface area contributed by atoms with Crippen molar-refractivity contribution >= 4 is 22.5 Å². The van der Waals surface area contributed by atoms with Crippen molar-refractivity contribution in [2.75, 3.05) is 6.61 Å². The zero-order valence-corrected chi connectivity index (χ0v) is 10.5. The number of benzene rings is 1. The molecule has 1 aromatic carbocycles. The maximum atomic E-state index is 9.38. The minimum Gasteiger partial charge on any atom is -0.395 e. The van der Waals surface area contributed by atoms with Crippen molar-refractivity contribution in [1.29, 1.82) is 0 Å². The molecule has 0 aliphatic rings. The molecular weight excluding hydrogens is 222 g/mol. The highest BCUT2D eigenvalue weighted by atomic mass is 35.5. The molecule has 2 N–H and O–H groups in total. The summed E-state index contributed by atoms with van der Waals surface area (Å²) in [5.41, 5.74) is 2.95. The van der Waals surface area contributed by atoms with Gasteiger partial charge in [-0.05, 0) is 30.2 Å². The minimum absolute atomic E-state index is 0.109. The van der Waals surface area contributed by atoms with Crippen molar-refractivity contribution in [3.63, 3.8) is 0 Å². The van der Waals surface area contributed by atoms with Crippen molar-refractivity contribution in [1.82, 2.24) is 4.98 Å². The zero-order chi connectivity index (χ0) is 11.9. The van der Waals surface area contributed by atoms with Gasteiger partial charge in [0.25, 0.3) is 0 Å². The molecule has 0 fully saturated rings. The van der Waals surface area contributed by atoms with Gasteiger partial charge in [0.1, 0.15) is 0 Å². The molecule has 1 heterocycles. The van der Waals surface area contributed by atoms with Crippen molar-refractivity contribution in [2.24, 2.45) is 0 Å². The number of aromatic nitrogens is 1.